The molecule has 1 amide bonds. The second-order valence-corrected chi connectivity index (χ2v) is 5.25. The molecule has 5 heteroatoms. The van der Waals surface area contributed by atoms with Crippen molar-refractivity contribution in [3.8, 4) is 5.88 Å². The number of carbonyl (C=O) groups excluding carboxylic acids is 1. The molecular formula is C14H19N3O2. The highest BCUT2D eigenvalue weighted by molar-refractivity contribution is 5.95. The average molecular weight is 261 g/mol. The van der Waals surface area contributed by atoms with Gasteiger partial charge < -0.3 is 15.8 Å². The second-order valence-electron chi connectivity index (χ2n) is 5.25. The van der Waals surface area contributed by atoms with Crippen molar-refractivity contribution in [1.82, 2.24) is 10.3 Å². The molecule has 1 aromatic heterocycles. The van der Waals surface area contributed by atoms with Crippen LogP contribution in [-0.4, -0.2) is 30.1 Å². The van der Waals surface area contributed by atoms with Crippen LogP contribution in [0.3, 0.4) is 0 Å². The molecule has 19 heavy (non-hydrogen) atoms. The van der Waals surface area contributed by atoms with E-state index in [4.69, 9.17) is 10.5 Å². The third kappa shape index (κ3) is 2.56. The van der Waals surface area contributed by atoms with Gasteiger partial charge in [0.1, 0.15) is 11.7 Å². The molecule has 0 aromatic carbocycles. The summed E-state index contributed by atoms with van der Waals surface area (Å²) in [6.07, 6.45) is 5.20. The van der Waals surface area contributed by atoms with Gasteiger partial charge in [-0.05, 0) is 50.3 Å². The molecule has 2 heterocycles. The van der Waals surface area contributed by atoms with Crippen LogP contribution in [0.1, 0.15) is 40.9 Å². The Labute approximate surface area is 112 Å². The summed E-state index contributed by atoms with van der Waals surface area (Å²) in [5.41, 5.74) is 8.06. The molecule has 1 saturated heterocycles. The molecular weight excluding hydrogens is 242 g/mol. The Kier molecular flexibility index (Phi) is 3.38. The van der Waals surface area contributed by atoms with E-state index in [0.717, 1.165) is 56.5 Å². The highest BCUT2D eigenvalue weighted by Gasteiger charge is 2.23. The molecule has 1 aliphatic carbocycles. The fourth-order valence-corrected chi connectivity index (χ4v) is 2.80. The van der Waals surface area contributed by atoms with Crippen molar-refractivity contribution in [2.45, 2.75) is 38.2 Å². The number of nitrogens with two attached hydrogens (primary N) is 1. The van der Waals surface area contributed by atoms with Gasteiger partial charge in [0.2, 0.25) is 5.88 Å². The van der Waals surface area contributed by atoms with Gasteiger partial charge in [-0.3, -0.25) is 4.79 Å². The van der Waals surface area contributed by atoms with E-state index in [1.165, 1.54) is 0 Å². The van der Waals surface area contributed by atoms with Gasteiger partial charge in [-0.2, -0.15) is 0 Å². The van der Waals surface area contributed by atoms with Crippen molar-refractivity contribution in [2.24, 2.45) is 5.73 Å². The molecule has 1 atom stereocenters. The third-order valence-corrected chi connectivity index (χ3v) is 3.81. The van der Waals surface area contributed by atoms with Crippen molar-refractivity contribution < 1.29 is 9.53 Å². The number of rotatable bonds is 3. The first kappa shape index (κ1) is 12.4. The number of hydrogen-bond donors (Lipinski definition) is 2. The normalized spacial score (nSPS) is 22.0. The number of carbonyl (C=O) groups is 1. The quantitative estimate of drug-likeness (QED) is 0.843. The van der Waals surface area contributed by atoms with Crippen LogP contribution >= 0.6 is 0 Å². The van der Waals surface area contributed by atoms with Crippen LogP contribution in [0.25, 0.3) is 0 Å². The Balaban J connectivity index is 1.87. The van der Waals surface area contributed by atoms with Crippen LogP contribution in [-0.2, 0) is 12.8 Å². The van der Waals surface area contributed by atoms with Gasteiger partial charge in [-0.1, -0.05) is 0 Å². The number of pyridine rings is 1. The maximum atomic E-state index is 11.5. The summed E-state index contributed by atoms with van der Waals surface area (Å²) in [5, 5.41) is 3.29. The smallest absolute Gasteiger partial charge is 0.254 e. The highest BCUT2D eigenvalue weighted by Crippen LogP contribution is 2.27. The van der Waals surface area contributed by atoms with Gasteiger partial charge in [-0.25, -0.2) is 4.98 Å². The molecule has 1 aromatic rings. The lowest BCUT2D eigenvalue weighted by molar-refractivity contribution is 0.0987. The first-order chi connectivity index (χ1) is 9.24. The van der Waals surface area contributed by atoms with Crippen LogP contribution in [0, 0.1) is 0 Å². The Morgan fingerprint density at radius 3 is 3.05 bits per heavy atom. The zero-order valence-corrected chi connectivity index (χ0v) is 10.9. The lowest BCUT2D eigenvalue weighted by atomic mass is 10.1. The number of piperidine rings is 1. The molecule has 1 aliphatic heterocycles. The third-order valence-electron chi connectivity index (χ3n) is 3.81. The van der Waals surface area contributed by atoms with Gasteiger partial charge in [0.25, 0.3) is 5.91 Å². The van der Waals surface area contributed by atoms with E-state index in [0.29, 0.717) is 11.4 Å². The van der Waals surface area contributed by atoms with Gasteiger partial charge in [0.15, 0.2) is 0 Å². The minimum atomic E-state index is -0.457. The van der Waals surface area contributed by atoms with Crippen molar-refractivity contribution in [2.75, 3.05) is 13.1 Å². The Morgan fingerprint density at radius 2 is 2.32 bits per heavy atom. The van der Waals surface area contributed by atoms with Gasteiger partial charge in [0.05, 0.1) is 0 Å². The predicted molar refractivity (Wildman–Crippen MR) is 71.3 cm³/mol. The lowest BCUT2D eigenvalue weighted by Crippen LogP contribution is -2.37. The topological polar surface area (TPSA) is 77.2 Å². The Morgan fingerprint density at radius 1 is 1.42 bits per heavy atom. The zero-order chi connectivity index (χ0) is 13.2. The molecule has 1 fully saturated rings. The summed E-state index contributed by atoms with van der Waals surface area (Å²) >= 11 is 0. The number of aryl methyl sites for hydroxylation is 2. The van der Waals surface area contributed by atoms with Crippen LogP contribution < -0.4 is 15.8 Å². The molecule has 0 radical (unpaired) electrons. The van der Waals surface area contributed by atoms with Crippen molar-refractivity contribution in [1.29, 1.82) is 0 Å². The van der Waals surface area contributed by atoms with E-state index < -0.39 is 5.91 Å². The number of primary amides is 1. The minimum absolute atomic E-state index is 0.0822. The molecule has 5 nitrogen and oxygen atoms in total. The van der Waals surface area contributed by atoms with E-state index in [-0.39, 0.29) is 6.10 Å². The number of amides is 1. The first-order valence-electron chi connectivity index (χ1n) is 6.94. The van der Waals surface area contributed by atoms with E-state index in [9.17, 15) is 4.79 Å². The summed E-state index contributed by atoms with van der Waals surface area (Å²) in [7, 11) is 0. The van der Waals surface area contributed by atoms with Crippen LogP contribution in [0.4, 0.5) is 0 Å². The fourth-order valence-electron chi connectivity index (χ4n) is 2.80. The standard InChI is InChI=1S/C14H19N3O2/c15-13(18)11-7-9-3-1-5-12(9)17-14(11)19-10-4-2-6-16-8-10/h7,10,16H,1-6,8H2,(H2,15,18). The van der Waals surface area contributed by atoms with Gasteiger partial charge in [-0.15, -0.1) is 0 Å². The maximum absolute atomic E-state index is 11.5. The maximum Gasteiger partial charge on any atom is 0.254 e. The SMILES string of the molecule is NC(=O)c1cc2c(nc1OC1CCCNC1)CCC2. The van der Waals surface area contributed by atoms with Crippen molar-refractivity contribution in [3.63, 3.8) is 0 Å². The van der Waals surface area contributed by atoms with Crippen LogP contribution in [0.2, 0.25) is 0 Å². The van der Waals surface area contributed by atoms with Crippen LogP contribution in [0.15, 0.2) is 6.07 Å². The number of ether oxygens (including phenoxy) is 1. The summed E-state index contributed by atoms with van der Waals surface area (Å²) in [4.78, 5) is 16.1. The molecule has 1 unspecified atom stereocenters. The number of hydrogen-bond acceptors (Lipinski definition) is 4. The van der Waals surface area contributed by atoms with Crippen molar-refractivity contribution >= 4 is 5.91 Å². The lowest BCUT2D eigenvalue weighted by Gasteiger charge is -2.24. The number of fused-ring (bicyclic) bond motifs is 1. The van der Waals surface area contributed by atoms with E-state index in [1.807, 2.05) is 6.07 Å². The monoisotopic (exact) mass is 261 g/mol. The predicted octanol–water partition coefficient (Wildman–Crippen LogP) is 0.800. The molecule has 0 spiro atoms. The summed E-state index contributed by atoms with van der Waals surface area (Å²) < 4.78 is 5.90. The first-order valence-corrected chi connectivity index (χ1v) is 6.94. The van der Waals surface area contributed by atoms with Crippen molar-refractivity contribution in [3.05, 3.63) is 22.9 Å². The molecule has 102 valence electrons. The average Bonchev–Trinajstić information content (AvgIpc) is 2.86. The Hall–Kier alpha value is -1.62. The number of aromatic nitrogens is 1. The Bertz CT molecular complexity index is 496. The molecule has 3 rings (SSSR count). The van der Waals surface area contributed by atoms with E-state index in [2.05, 4.69) is 10.3 Å². The van der Waals surface area contributed by atoms with E-state index in [1.54, 1.807) is 0 Å². The van der Waals surface area contributed by atoms with E-state index >= 15 is 0 Å². The second kappa shape index (κ2) is 5.17. The number of nitrogens with one attached hydrogen (secondary N) is 1. The fraction of sp³-hybridized carbons (Fsp3) is 0.571. The highest BCUT2D eigenvalue weighted by atomic mass is 16.5. The summed E-state index contributed by atoms with van der Waals surface area (Å²) in [5.74, 6) is -0.0391. The zero-order valence-electron chi connectivity index (χ0n) is 10.9. The molecule has 3 N–H and O–H groups in total. The van der Waals surface area contributed by atoms with Gasteiger partial charge in [0, 0.05) is 12.2 Å². The summed E-state index contributed by atoms with van der Waals surface area (Å²) in [6, 6.07) is 1.86. The van der Waals surface area contributed by atoms with Gasteiger partial charge >= 0.3 is 0 Å². The minimum Gasteiger partial charge on any atom is -0.472 e. The largest absolute Gasteiger partial charge is 0.472 e. The number of nitrogens with zero attached hydrogens (tertiary/aromatic N) is 1. The molecule has 0 saturated carbocycles. The molecule has 0 bridgehead atoms. The summed E-state index contributed by atoms with van der Waals surface area (Å²) in [6.45, 7) is 1.83. The molecule has 2 aliphatic rings. The van der Waals surface area contributed by atoms with Crippen LogP contribution in [0.5, 0.6) is 5.88 Å².